The highest BCUT2D eigenvalue weighted by Crippen LogP contribution is 2.41. The summed E-state index contributed by atoms with van der Waals surface area (Å²) < 4.78 is 1.13. The van der Waals surface area contributed by atoms with Crippen LogP contribution in [0.3, 0.4) is 0 Å². The van der Waals surface area contributed by atoms with Crippen molar-refractivity contribution in [3.63, 3.8) is 0 Å². The second-order valence-corrected chi connectivity index (χ2v) is 9.29. The Hall–Kier alpha value is -2.74. The number of nitrogens with zero attached hydrogens (tertiary/aromatic N) is 5. The van der Waals surface area contributed by atoms with Crippen LogP contribution in [0.15, 0.2) is 6.07 Å². The van der Waals surface area contributed by atoms with Crippen molar-refractivity contribution in [2.24, 2.45) is 0 Å². The Kier molecular flexibility index (Phi) is 8.24. The van der Waals surface area contributed by atoms with Gasteiger partial charge in [-0.3, -0.25) is 29.5 Å². The summed E-state index contributed by atoms with van der Waals surface area (Å²) >= 11 is 2.34. The van der Waals surface area contributed by atoms with E-state index >= 15 is 0 Å². The lowest BCUT2D eigenvalue weighted by Crippen LogP contribution is -2.32. The van der Waals surface area contributed by atoms with Crippen LogP contribution in [0.25, 0.3) is 20.4 Å². The number of hydrogen-bond donors (Lipinski definition) is 2. The van der Waals surface area contributed by atoms with Crippen molar-refractivity contribution < 1.29 is 14.5 Å². The molecule has 0 bridgehead atoms. The van der Waals surface area contributed by atoms with Gasteiger partial charge in [0, 0.05) is 0 Å². The molecule has 11 nitrogen and oxygen atoms in total. The normalized spacial score (nSPS) is 11.6. The molecule has 0 aliphatic rings. The molecule has 2 N–H and O–H groups in total. The summed E-state index contributed by atoms with van der Waals surface area (Å²) in [6.07, 6.45) is 0. The maximum absolute atomic E-state index is 12.3. The molecule has 1 aromatic carbocycles. The molecule has 2 heterocycles. The predicted octanol–water partition coefficient (Wildman–Crippen LogP) is 3.37. The van der Waals surface area contributed by atoms with E-state index in [0.29, 0.717) is 19.7 Å². The number of benzene rings is 1. The molecule has 0 saturated carbocycles. The highest BCUT2D eigenvalue weighted by molar-refractivity contribution is 7.24. The van der Waals surface area contributed by atoms with E-state index < -0.39 is 4.92 Å². The molecule has 3 rings (SSSR count). The molecule has 0 fully saturated rings. The van der Waals surface area contributed by atoms with E-state index in [-0.39, 0.29) is 41.6 Å². The lowest BCUT2D eigenvalue weighted by atomic mass is 10.2. The first-order valence-electron chi connectivity index (χ1n) is 10.7. The van der Waals surface area contributed by atoms with E-state index in [2.05, 4.69) is 20.6 Å². The molecule has 2 amide bonds. The molecule has 178 valence electrons. The van der Waals surface area contributed by atoms with Gasteiger partial charge in [-0.15, -0.1) is 0 Å². The van der Waals surface area contributed by atoms with Gasteiger partial charge in [-0.25, -0.2) is 9.97 Å². The summed E-state index contributed by atoms with van der Waals surface area (Å²) in [5, 5.41) is 18.0. The molecule has 0 aliphatic carbocycles. The number of non-ortho nitro benzene ring substituents is 1. The molecule has 0 aliphatic heterocycles. The maximum Gasteiger partial charge on any atom is 0.323 e. The van der Waals surface area contributed by atoms with Crippen molar-refractivity contribution in [2.45, 2.75) is 27.7 Å². The minimum absolute atomic E-state index is 0.168. The summed E-state index contributed by atoms with van der Waals surface area (Å²) in [5.41, 5.74) is 0.104. The SMILES string of the molecule is CCN(CC)CC(=O)Nc1nc2c([N+](=O)[O-])c3nc(NC(=O)CN(CC)CC)sc3cc2s1. The minimum Gasteiger partial charge on any atom is -0.301 e. The summed E-state index contributed by atoms with van der Waals surface area (Å²) in [4.78, 5) is 48.5. The number of anilines is 2. The van der Waals surface area contributed by atoms with E-state index in [1.165, 1.54) is 22.7 Å². The van der Waals surface area contributed by atoms with E-state index in [9.17, 15) is 19.7 Å². The van der Waals surface area contributed by atoms with E-state index in [1.807, 2.05) is 37.5 Å². The molecule has 0 saturated heterocycles. The summed E-state index contributed by atoms with van der Waals surface area (Å²) in [7, 11) is 0. The van der Waals surface area contributed by atoms with Crippen molar-refractivity contribution in [2.75, 3.05) is 49.9 Å². The second-order valence-electron chi connectivity index (χ2n) is 7.23. The Balaban J connectivity index is 1.89. The molecule has 33 heavy (non-hydrogen) atoms. The molecule has 0 atom stereocenters. The van der Waals surface area contributed by atoms with Gasteiger partial charge >= 0.3 is 5.69 Å². The third-order valence-electron chi connectivity index (χ3n) is 5.22. The fraction of sp³-hybridized carbons (Fsp3) is 0.500. The molecule has 3 aromatic rings. The molecular formula is C20H27N7O4S2. The smallest absolute Gasteiger partial charge is 0.301 e. The third-order valence-corrected chi connectivity index (χ3v) is 7.05. The summed E-state index contributed by atoms with van der Waals surface area (Å²) in [6.45, 7) is 11.3. The van der Waals surface area contributed by atoms with Gasteiger partial charge in [0.05, 0.1) is 27.4 Å². The van der Waals surface area contributed by atoms with Crippen molar-refractivity contribution in [1.29, 1.82) is 0 Å². The monoisotopic (exact) mass is 493 g/mol. The van der Waals surface area contributed by atoms with Crippen LogP contribution in [0.1, 0.15) is 27.7 Å². The Bertz CT molecular complexity index is 1090. The number of rotatable bonds is 11. The zero-order valence-corrected chi connectivity index (χ0v) is 20.6. The van der Waals surface area contributed by atoms with E-state index in [0.717, 1.165) is 26.2 Å². The van der Waals surface area contributed by atoms with Crippen molar-refractivity contribution in [3.05, 3.63) is 16.2 Å². The first-order valence-corrected chi connectivity index (χ1v) is 12.4. The van der Waals surface area contributed by atoms with Crippen LogP contribution >= 0.6 is 22.7 Å². The number of amides is 2. The standard InChI is InChI=1S/C20H27N7O4S2/c1-5-25(6-2)10-14(28)21-19-23-16-12(32-19)9-13-17(18(16)27(30)31)24-20(33-13)22-15(29)11-26(7-3)8-4/h9H,5-8,10-11H2,1-4H3,(H,21,23,28)(H,22,24,29). The van der Waals surface area contributed by atoms with Crippen molar-refractivity contribution in [1.82, 2.24) is 19.8 Å². The van der Waals surface area contributed by atoms with Gasteiger partial charge in [0.15, 0.2) is 21.3 Å². The quantitative estimate of drug-likeness (QED) is 0.307. The van der Waals surface area contributed by atoms with Gasteiger partial charge in [-0.1, -0.05) is 50.4 Å². The lowest BCUT2D eigenvalue weighted by Gasteiger charge is -2.16. The first kappa shape index (κ1) is 24.9. The molecule has 2 aromatic heterocycles. The number of fused-ring (bicyclic) bond motifs is 2. The van der Waals surface area contributed by atoms with Gasteiger partial charge in [0.25, 0.3) is 0 Å². The highest BCUT2D eigenvalue weighted by Gasteiger charge is 2.26. The number of nitrogens with one attached hydrogen (secondary N) is 2. The number of carbonyl (C=O) groups excluding carboxylic acids is 2. The number of likely N-dealkylation sites (N-methyl/N-ethyl adjacent to an activating group) is 2. The van der Waals surface area contributed by atoms with Crippen LogP contribution < -0.4 is 10.6 Å². The van der Waals surface area contributed by atoms with Crippen LogP contribution in [0.2, 0.25) is 0 Å². The molecule has 0 radical (unpaired) electrons. The van der Waals surface area contributed by atoms with Crippen LogP contribution in [-0.4, -0.2) is 75.8 Å². The van der Waals surface area contributed by atoms with E-state index in [4.69, 9.17) is 0 Å². The molecule has 0 spiro atoms. The number of nitro benzene ring substituents is 1. The summed E-state index contributed by atoms with van der Waals surface area (Å²) in [6, 6.07) is 1.76. The Morgan fingerprint density at radius 3 is 1.61 bits per heavy atom. The average molecular weight is 494 g/mol. The van der Waals surface area contributed by atoms with Gasteiger partial charge in [0.2, 0.25) is 11.8 Å². The number of hydrogen-bond acceptors (Lipinski definition) is 10. The topological polar surface area (TPSA) is 134 Å². The minimum atomic E-state index is -0.521. The second kappa shape index (κ2) is 10.9. The maximum atomic E-state index is 12.3. The van der Waals surface area contributed by atoms with Crippen LogP contribution in [-0.2, 0) is 9.59 Å². The molecular weight excluding hydrogens is 466 g/mol. The van der Waals surface area contributed by atoms with Crippen LogP contribution in [0.4, 0.5) is 16.0 Å². The van der Waals surface area contributed by atoms with Gasteiger partial charge < -0.3 is 10.6 Å². The average Bonchev–Trinajstić information content (AvgIpc) is 3.35. The largest absolute Gasteiger partial charge is 0.323 e. The van der Waals surface area contributed by atoms with Crippen LogP contribution in [0.5, 0.6) is 0 Å². The number of thiazole rings is 2. The zero-order valence-electron chi connectivity index (χ0n) is 19.0. The zero-order chi connectivity index (χ0) is 24.1. The number of carbonyl (C=O) groups is 2. The fourth-order valence-corrected chi connectivity index (χ4v) is 5.25. The summed E-state index contributed by atoms with van der Waals surface area (Å²) in [5.74, 6) is -0.447. The van der Waals surface area contributed by atoms with Crippen molar-refractivity contribution >= 4 is 70.9 Å². The van der Waals surface area contributed by atoms with Crippen LogP contribution in [0, 0.1) is 10.1 Å². The molecule has 0 unspecified atom stereocenters. The number of aromatic nitrogens is 2. The van der Waals surface area contributed by atoms with Gasteiger partial charge in [-0.2, -0.15) is 0 Å². The number of nitro groups is 1. The highest BCUT2D eigenvalue weighted by atomic mass is 32.1. The van der Waals surface area contributed by atoms with Crippen molar-refractivity contribution in [3.8, 4) is 0 Å². The van der Waals surface area contributed by atoms with Gasteiger partial charge in [0.1, 0.15) is 0 Å². The van der Waals surface area contributed by atoms with E-state index in [1.54, 1.807) is 6.07 Å². The fourth-order valence-electron chi connectivity index (χ4n) is 3.33. The Labute approximate surface area is 198 Å². The molecule has 13 heteroatoms. The third kappa shape index (κ3) is 5.79. The Morgan fingerprint density at radius 1 is 0.879 bits per heavy atom. The lowest BCUT2D eigenvalue weighted by molar-refractivity contribution is -0.381. The Morgan fingerprint density at radius 2 is 1.27 bits per heavy atom. The van der Waals surface area contributed by atoms with Gasteiger partial charge in [-0.05, 0) is 32.2 Å². The predicted molar refractivity (Wildman–Crippen MR) is 132 cm³/mol. The first-order chi connectivity index (χ1) is 15.8.